The molecule has 1 aliphatic rings. The highest BCUT2D eigenvalue weighted by Gasteiger charge is 2.33. The Hall–Kier alpha value is -2.47. The first-order valence-electron chi connectivity index (χ1n) is 8.15. The molecule has 0 radical (unpaired) electrons. The molecule has 0 spiro atoms. The number of hydrogen-bond donors (Lipinski definition) is 1. The molecule has 25 heavy (non-hydrogen) atoms. The number of amides is 1. The Kier molecular flexibility index (Phi) is 5.28. The Morgan fingerprint density at radius 1 is 1.16 bits per heavy atom. The van der Waals surface area contributed by atoms with Gasteiger partial charge in [-0.1, -0.05) is 42.5 Å². The van der Waals surface area contributed by atoms with Crippen molar-refractivity contribution in [2.24, 2.45) is 5.73 Å². The fourth-order valence-electron chi connectivity index (χ4n) is 3.20. The second-order valence-corrected chi connectivity index (χ2v) is 6.18. The SMILES string of the molecule is N[C@@H]1CN(C(=O)Cc2cccc(OC(F)F)c2)C[C@H]1c1ccccc1. The summed E-state index contributed by atoms with van der Waals surface area (Å²) < 4.78 is 29.0. The van der Waals surface area contributed by atoms with Crippen molar-refractivity contribution >= 4 is 5.91 Å². The predicted octanol–water partition coefficient (Wildman–Crippen LogP) is 2.78. The number of ether oxygens (including phenoxy) is 1. The van der Waals surface area contributed by atoms with E-state index in [0.717, 1.165) is 5.56 Å². The monoisotopic (exact) mass is 346 g/mol. The fourth-order valence-corrected chi connectivity index (χ4v) is 3.20. The van der Waals surface area contributed by atoms with Crippen LogP contribution >= 0.6 is 0 Å². The van der Waals surface area contributed by atoms with E-state index in [1.165, 1.54) is 12.1 Å². The lowest BCUT2D eigenvalue weighted by molar-refractivity contribution is -0.129. The molecule has 2 N–H and O–H groups in total. The lowest BCUT2D eigenvalue weighted by Crippen LogP contribution is -2.33. The number of benzene rings is 2. The van der Waals surface area contributed by atoms with Crippen molar-refractivity contribution in [2.75, 3.05) is 13.1 Å². The Morgan fingerprint density at radius 2 is 1.92 bits per heavy atom. The Labute approximate surface area is 145 Å². The van der Waals surface area contributed by atoms with E-state index in [0.29, 0.717) is 18.7 Å². The van der Waals surface area contributed by atoms with Gasteiger partial charge < -0.3 is 15.4 Å². The molecular weight excluding hydrogens is 326 g/mol. The van der Waals surface area contributed by atoms with Crippen LogP contribution in [0.15, 0.2) is 54.6 Å². The largest absolute Gasteiger partial charge is 0.435 e. The highest BCUT2D eigenvalue weighted by molar-refractivity contribution is 5.79. The first kappa shape index (κ1) is 17.4. The van der Waals surface area contributed by atoms with Crippen molar-refractivity contribution in [3.05, 3.63) is 65.7 Å². The van der Waals surface area contributed by atoms with E-state index in [4.69, 9.17) is 5.73 Å². The standard InChI is InChI=1S/C19H20F2N2O2/c20-19(21)25-15-8-4-5-13(9-15)10-18(24)23-11-16(17(22)12-23)14-6-2-1-3-7-14/h1-9,16-17,19H,10-12,22H2/t16-,17+/m0/s1. The van der Waals surface area contributed by atoms with Crippen molar-refractivity contribution < 1.29 is 18.3 Å². The van der Waals surface area contributed by atoms with Crippen LogP contribution in [0.2, 0.25) is 0 Å². The molecule has 4 nitrogen and oxygen atoms in total. The number of rotatable bonds is 5. The smallest absolute Gasteiger partial charge is 0.387 e. The van der Waals surface area contributed by atoms with Gasteiger partial charge in [0.25, 0.3) is 0 Å². The number of carbonyl (C=O) groups excluding carboxylic acids is 1. The van der Waals surface area contributed by atoms with Crippen LogP contribution in [-0.4, -0.2) is 36.5 Å². The third kappa shape index (κ3) is 4.33. The van der Waals surface area contributed by atoms with Gasteiger partial charge in [0, 0.05) is 25.0 Å². The van der Waals surface area contributed by atoms with Crippen LogP contribution in [0.5, 0.6) is 5.75 Å². The number of likely N-dealkylation sites (tertiary alicyclic amines) is 1. The predicted molar refractivity (Wildman–Crippen MR) is 90.5 cm³/mol. The minimum absolute atomic E-state index is 0.0561. The zero-order valence-corrected chi connectivity index (χ0v) is 13.6. The van der Waals surface area contributed by atoms with Crippen LogP contribution < -0.4 is 10.5 Å². The van der Waals surface area contributed by atoms with Gasteiger partial charge >= 0.3 is 6.61 Å². The lowest BCUT2D eigenvalue weighted by atomic mass is 9.95. The molecular formula is C19H20F2N2O2. The molecule has 1 aliphatic heterocycles. The fraction of sp³-hybridized carbons (Fsp3) is 0.316. The topological polar surface area (TPSA) is 55.6 Å². The van der Waals surface area contributed by atoms with Gasteiger partial charge in [0.2, 0.25) is 5.91 Å². The van der Waals surface area contributed by atoms with E-state index in [9.17, 15) is 13.6 Å². The Bertz CT molecular complexity index is 724. The van der Waals surface area contributed by atoms with E-state index in [1.807, 2.05) is 30.3 Å². The highest BCUT2D eigenvalue weighted by Crippen LogP contribution is 2.27. The first-order chi connectivity index (χ1) is 12.0. The number of alkyl halides is 2. The molecule has 132 valence electrons. The molecule has 1 fully saturated rings. The molecule has 6 heteroatoms. The molecule has 0 aliphatic carbocycles. The molecule has 0 saturated carbocycles. The summed E-state index contributed by atoms with van der Waals surface area (Å²) in [6.07, 6.45) is 0.134. The molecule has 1 saturated heterocycles. The average Bonchev–Trinajstić information content (AvgIpc) is 2.97. The number of nitrogens with zero attached hydrogens (tertiary/aromatic N) is 1. The summed E-state index contributed by atoms with van der Waals surface area (Å²) in [6, 6.07) is 16.0. The maximum absolute atomic E-state index is 12.6. The van der Waals surface area contributed by atoms with Crippen molar-refractivity contribution in [2.45, 2.75) is 25.0 Å². The van der Waals surface area contributed by atoms with Crippen molar-refractivity contribution in [1.29, 1.82) is 0 Å². The number of carbonyl (C=O) groups is 1. The van der Waals surface area contributed by atoms with Gasteiger partial charge in [0.1, 0.15) is 5.75 Å². The molecule has 0 aromatic heterocycles. The van der Waals surface area contributed by atoms with Gasteiger partial charge in [-0.25, -0.2) is 0 Å². The minimum atomic E-state index is -2.88. The number of nitrogens with two attached hydrogens (primary N) is 1. The normalized spacial score (nSPS) is 20.1. The molecule has 2 aromatic carbocycles. The lowest BCUT2D eigenvalue weighted by Gasteiger charge is -2.17. The third-order valence-corrected chi connectivity index (χ3v) is 4.42. The minimum Gasteiger partial charge on any atom is -0.435 e. The molecule has 1 heterocycles. The van der Waals surface area contributed by atoms with Crippen LogP contribution in [-0.2, 0) is 11.2 Å². The molecule has 0 bridgehead atoms. The van der Waals surface area contributed by atoms with Crippen LogP contribution in [0, 0.1) is 0 Å². The molecule has 2 atom stereocenters. The number of hydrogen-bond acceptors (Lipinski definition) is 3. The maximum atomic E-state index is 12.6. The van der Waals surface area contributed by atoms with Gasteiger partial charge in [0.05, 0.1) is 6.42 Å². The molecule has 1 amide bonds. The third-order valence-electron chi connectivity index (χ3n) is 4.42. The van der Waals surface area contributed by atoms with Gasteiger partial charge in [-0.15, -0.1) is 0 Å². The zero-order valence-electron chi connectivity index (χ0n) is 13.6. The first-order valence-corrected chi connectivity index (χ1v) is 8.15. The number of halogens is 2. The van der Waals surface area contributed by atoms with Crippen LogP contribution in [0.25, 0.3) is 0 Å². The summed E-state index contributed by atoms with van der Waals surface area (Å²) in [5, 5.41) is 0. The van der Waals surface area contributed by atoms with E-state index in [-0.39, 0.29) is 30.0 Å². The second-order valence-electron chi connectivity index (χ2n) is 6.18. The van der Waals surface area contributed by atoms with Gasteiger partial charge in [-0.05, 0) is 23.3 Å². The summed E-state index contributed by atoms with van der Waals surface area (Å²) in [4.78, 5) is 14.3. The van der Waals surface area contributed by atoms with E-state index in [1.54, 1.807) is 17.0 Å². The average molecular weight is 346 g/mol. The van der Waals surface area contributed by atoms with E-state index < -0.39 is 6.61 Å². The molecule has 0 unspecified atom stereocenters. The molecule has 3 rings (SSSR count). The second kappa shape index (κ2) is 7.61. The van der Waals surface area contributed by atoms with Crippen LogP contribution in [0.1, 0.15) is 17.0 Å². The molecule has 2 aromatic rings. The van der Waals surface area contributed by atoms with Crippen LogP contribution in [0.3, 0.4) is 0 Å². The summed E-state index contributed by atoms with van der Waals surface area (Å²) in [7, 11) is 0. The summed E-state index contributed by atoms with van der Waals surface area (Å²) in [5.74, 6) is 0.0994. The highest BCUT2D eigenvalue weighted by atomic mass is 19.3. The zero-order chi connectivity index (χ0) is 17.8. The van der Waals surface area contributed by atoms with Crippen LogP contribution in [0.4, 0.5) is 8.78 Å². The maximum Gasteiger partial charge on any atom is 0.387 e. The Balaban J connectivity index is 1.64. The van der Waals surface area contributed by atoms with Crippen molar-refractivity contribution in [3.8, 4) is 5.75 Å². The summed E-state index contributed by atoms with van der Waals surface area (Å²) in [5.41, 5.74) is 7.98. The summed E-state index contributed by atoms with van der Waals surface area (Å²) in [6.45, 7) is -1.82. The van der Waals surface area contributed by atoms with Gasteiger partial charge in [-0.2, -0.15) is 8.78 Å². The van der Waals surface area contributed by atoms with Crippen molar-refractivity contribution in [3.63, 3.8) is 0 Å². The Morgan fingerprint density at radius 3 is 2.64 bits per heavy atom. The van der Waals surface area contributed by atoms with Crippen molar-refractivity contribution in [1.82, 2.24) is 4.90 Å². The summed E-state index contributed by atoms with van der Waals surface area (Å²) >= 11 is 0. The quantitative estimate of drug-likeness (QED) is 0.906. The van der Waals surface area contributed by atoms with E-state index in [2.05, 4.69) is 4.74 Å². The van der Waals surface area contributed by atoms with Gasteiger partial charge in [-0.3, -0.25) is 4.79 Å². The van der Waals surface area contributed by atoms with Gasteiger partial charge in [0.15, 0.2) is 0 Å². The van der Waals surface area contributed by atoms with E-state index >= 15 is 0 Å².